The summed E-state index contributed by atoms with van der Waals surface area (Å²) in [5.41, 5.74) is 0.935. The number of nitrogens with one attached hydrogen (secondary N) is 1. The first kappa shape index (κ1) is 22.8. The molecule has 1 saturated heterocycles. The molecule has 4 aromatic rings. The van der Waals surface area contributed by atoms with Gasteiger partial charge >= 0.3 is 0 Å². The van der Waals surface area contributed by atoms with Crippen LogP contribution in [0.4, 0.5) is 21.7 Å². The largest absolute Gasteiger partial charge is 0.356 e. The van der Waals surface area contributed by atoms with Gasteiger partial charge in [0.25, 0.3) is 0 Å². The van der Waals surface area contributed by atoms with Gasteiger partial charge in [-0.15, -0.1) is 0 Å². The molecule has 1 N–H and O–H groups in total. The van der Waals surface area contributed by atoms with Gasteiger partial charge in [0.15, 0.2) is 9.84 Å². The first-order valence-corrected chi connectivity index (χ1v) is 12.8. The number of piperidine rings is 1. The zero-order chi connectivity index (χ0) is 24.4. The van der Waals surface area contributed by atoms with Crippen molar-refractivity contribution in [2.75, 3.05) is 29.6 Å². The third-order valence-electron chi connectivity index (χ3n) is 5.81. The van der Waals surface area contributed by atoms with E-state index in [2.05, 4.69) is 35.3 Å². The number of hydrogen-bond acceptors (Lipinski definition) is 10. The number of hydrogen-bond donors (Lipinski definition) is 1. The van der Waals surface area contributed by atoms with Crippen LogP contribution in [-0.4, -0.2) is 52.9 Å². The highest BCUT2D eigenvalue weighted by molar-refractivity contribution is 7.90. The van der Waals surface area contributed by atoms with Crippen LogP contribution in [0.5, 0.6) is 0 Å². The first-order chi connectivity index (χ1) is 16.9. The van der Waals surface area contributed by atoms with E-state index < -0.39 is 15.7 Å². The Morgan fingerprint density at radius 2 is 1.97 bits per heavy atom. The number of rotatable bonds is 6. The van der Waals surface area contributed by atoms with Gasteiger partial charge in [-0.2, -0.15) is 4.98 Å². The van der Waals surface area contributed by atoms with Gasteiger partial charge in [0.2, 0.25) is 11.7 Å². The van der Waals surface area contributed by atoms with Gasteiger partial charge in [-0.1, -0.05) is 5.16 Å². The lowest BCUT2D eigenvalue weighted by Crippen LogP contribution is -2.33. The minimum absolute atomic E-state index is 0.0828. The van der Waals surface area contributed by atoms with Gasteiger partial charge < -0.3 is 14.7 Å². The molecule has 0 bridgehead atoms. The highest BCUT2D eigenvalue weighted by atomic mass is 32.2. The first-order valence-electron chi connectivity index (χ1n) is 10.9. The van der Waals surface area contributed by atoms with Crippen LogP contribution in [0.3, 0.4) is 0 Å². The molecule has 0 saturated carbocycles. The summed E-state index contributed by atoms with van der Waals surface area (Å²) >= 11 is 0. The van der Waals surface area contributed by atoms with Crippen LogP contribution in [0.15, 0.2) is 64.5 Å². The predicted octanol–water partition coefficient (Wildman–Crippen LogP) is 3.59. The van der Waals surface area contributed by atoms with Crippen LogP contribution < -0.4 is 10.2 Å². The van der Waals surface area contributed by atoms with Crippen LogP contribution >= 0.6 is 0 Å². The normalized spacial score (nSPS) is 14.7. The summed E-state index contributed by atoms with van der Waals surface area (Å²) in [5, 5.41) is 6.98. The monoisotopic (exact) mass is 495 g/mol. The van der Waals surface area contributed by atoms with E-state index in [4.69, 9.17) is 4.52 Å². The van der Waals surface area contributed by atoms with Gasteiger partial charge in [0.1, 0.15) is 23.8 Å². The zero-order valence-electron chi connectivity index (χ0n) is 18.8. The van der Waals surface area contributed by atoms with Crippen LogP contribution in [0.2, 0.25) is 0 Å². The molecule has 1 aliphatic heterocycles. The fraction of sp³-hybridized carbons (Fsp3) is 0.261. The molecule has 1 fully saturated rings. The van der Waals surface area contributed by atoms with E-state index in [1.807, 2.05) is 12.1 Å². The second kappa shape index (κ2) is 9.37. The fourth-order valence-electron chi connectivity index (χ4n) is 3.92. The maximum Gasteiger partial charge on any atom is 0.230 e. The molecule has 0 amide bonds. The number of pyridine rings is 1. The summed E-state index contributed by atoms with van der Waals surface area (Å²) in [5.74, 6) is 1.71. The molecule has 0 unspecified atom stereocenters. The topological polar surface area (TPSA) is 127 Å². The zero-order valence-corrected chi connectivity index (χ0v) is 19.6. The molecule has 35 heavy (non-hydrogen) atoms. The van der Waals surface area contributed by atoms with Crippen molar-refractivity contribution in [1.82, 2.24) is 25.1 Å². The van der Waals surface area contributed by atoms with Crippen LogP contribution in [0.1, 0.15) is 24.7 Å². The van der Waals surface area contributed by atoms with Crippen molar-refractivity contribution in [2.45, 2.75) is 23.7 Å². The van der Waals surface area contributed by atoms with Crippen LogP contribution in [0, 0.1) is 5.82 Å². The highest BCUT2D eigenvalue weighted by Crippen LogP contribution is 2.31. The SMILES string of the molecule is CS(=O)(=O)c1ccc(Nc2cc(N3CCC(c4nc(-c5cccnc5)no4)CC3)ncn2)c(F)c1. The minimum Gasteiger partial charge on any atom is -0.356 e. The van der Waals surface area contributed by atoms with Crippen molar-refractivity contribution in [3.8, 4) is 11.4 Å². The smallest absolute Gasteiger partial charge is 0.230 e. The Morgan fingerprint density at radius 3 is 2.69 bits per heavy atom. The summed E-state index contributed by atoms with van der Waals surface area (Å²) in [6.07, 6.45) is 7.45. The standard InChI is InChI=1S/C23H22FN7O3S/c1-35(32,33)17-4-5-19(18(24)11-17)28-20-12-21(27-14-26-20)31-9-6-15(7-10-31)23-29-22(30-34-23)16-3-2-8-25-13-16/h2-5,8,11-15H,6-7,9-10H2,1H3,(H,26,27,28). The lowest BCUT2D eigenvalue weighted by molar-refractivity contribution is 0.329. The lowest BCUT2D eigenvalue weighted by Gasteiger charge is -2.31. The summed E-state index contributed by atoms with van der Waals surface area (Å²) in [6.45, 7) is 1.45. The molecule has 1 aromatic carbocycles. The molecule has 10 nitrogen and oxygen atoms in total. The van der Waals surface area contributed by atoms with E-state index >= 15 is 0 Å². The van der Waals surface area contributed by atoms with Crippen molar-refractivity contribution in [3.05, 3.63) is 66.8 Å². The Morgan fingerprint density at radius 1 is 1.14 bits per heavy atom. The van der Waals surface area contributed by atoms with Crippen LogP contribution in [-0.2, 0) is 9.84 Å². The number of sulfone groups is 1. The molecule has 0 radical (unpaired) electrons. The lowest BCUT2D eigenvalue weighted by atomic mass is 9.97. The van der Waals surface area contributed by atoms with Crippen molar-refractivity contribution < 1.29 is 17.3 Å². The maximum atomic E-state index is 14.4. The van der Waals surface area contributed by atoms with Crippen LogP contribution in [0.25, 0.3) is 11.4 Å². The number of anilines is 3. The van der Waals surface area contributed by atoms with E-state index in [1.54, 1.807) is 18.5 Å². The molecule has 0 atom stereocenters. The third kappa shape index (κ3) is 5.11. The second-order valence-electron chi connectivity index (χ2n) is 8.26. The van der Waals surface area contributed by atoms with Crippen molar-refractivity contribution >= 4 is 27.2 Å². The Labute approximate surface area is 201 Å². The van der Waals surface area contributed by atoms with Gasteiger partial charge in [0, 0.05) is 49.3 Å². The Balaban J connectivity index is 1.24. The molecule has 180 valence electrons. The summed E-state index contributed by atoms with van der Waals surface area (Å²) in [4.78, 5) is 19.2. The molecular formula is C23H22FN7O3S. The molecule has 1 aliphatic rings. The summed E-state index contributed by atoms with van der Waals surface area (Å²) < 4.78 is 43.2. The van der Waals surface area contributed by atoms with Crippen molar-refractivity contribution in [1.29, 1.82) is 0 Å². The molecule has 0 spiro atoms. The molecule has 0 aliphatic carbocycles. The molecule has 4 heterocycles. The summed E-state index contributed by atoms with van der Waals surface area (Å²) in [6, 6.07) is 9.16. The average Bonchev–Trinajstić information content (AvgIpc) is 3.36. The minimum atomic E-state index is -3.49. The van der Waals surface area contributed by atoms with E-state index in [0.717, 1.165) is 43.8 Å². The second-order valence-corrected chi connectivity index (χ2v) is 10.3. The molecule has 5 rings (SSSR count). The number of nitrogens with zero attached hydrogens (tertiary/aromatic N) is 6. The number of benzene rings is 1. The Kier molecular flexibility index (Phi) is 6.12. The average molecular weight is 496 g/mol. The van der Waals surface area contributed by atoms with Gasteiger partial charge in [0.05, 0.1) is 10.6 Å². The fourth-order valence-corrected chi connectivity index (χ4v) is 4.56. The summed E-state index contributed by atoms with van der Waals surface area (Å²) in [7, 11) is -3.49. The van der Waals surface area contributed by atoms with Gasteiger partial charge in [-0.3, -0.25) is 4.98 Å². The van der Waals surface area contributed by atoms with Gasteiger partial charge in [-0.25, -0.2) is 22.8 Å². The van der Waals surface area contributed by atoms with E-state index in [1.165, 1.54) is 18.5 Å². The van der Waals surface area contributed by atoms with Gasteiger partial charge in [-0.05, 0) is 43.2 Å². The quantitative estimate of drug-likeness (QED) is 0.424. The third-order valence-corrected chi connectivity index (χ3v) is 6.92. The highest BCUT2D eigenvalue weighted by Gasteiger charge is 2.26. The Hall–Kier alpha value is -3.93. The Bertz CT molecular complexity index is 1440. The van der Waals surface area contributed by atoms with E-state index in [0.29, 0.717) is 23.4 Å². The van der Waals surface area contributed by atoms with Crippen molar-refractivity contribution in [2.24, 2.45) is 0 Å². The molecular weight excluding hydrogens is 473 g/mol. The number of aromatic nitrogens is 5. The number of halogens is 1. The maximum absolute atomic E-state index is 14.4. The van der Waals surface area contributed by atoms with E-state index in [9.17, 15) is 12.8 Å². The molecule has 3 aromatic heterocycles. The molecule has 12 heteroatoms. The van der Waals surface area contributed by atoms with Crippen molar-refractivity contribution in [3.63, 3.8) is 0 Å². The predicted molar refractivity (Wildman–Crippen MR) is 127 cm³/mol. The van der Waals surface area contributed by atoms with E-state index in [-0.39, 0.29) is 16.5 Å².